The van der Waals surface area contributed by atoms with E-state index >= 15 is 0 Å². The number of aromatic nitrogens is 3. The molecule has 0 unspecified atom stereocenters. The summed E-state index contributed by atoms with van der Waals surface area (Å²) < 4.78 is 12.6. The highest BCUT2D eigenvalue weighted by Gasteiger charge is 2.16. The third-order valence-corrected chi connectivity index (χ3v) is 5.49. The van der Waals surface area contributed by atoms with Crippen LogP contribution >= 0.6 is 11.8 Å². The van der Waals surface area contributed by atoms with Gasteiger partial charge in [0.25, 0.3) is 0 Å². The van der Waals surface area contributed by atoms with E-state index in [-0.39, 0.29) is 18.5 Å². The highest BCUT2D eigenvalue weighted by Crippen LogP contribution is 2.34. The molecule has 1 N–H and O–H groups in total. The van der Waals surface area contributed by atoms with Crippen LogP contribution in [0.4, 0.5) is 5.69 Å². The predicted octanol–water partition coefficient (Wildman–Crippen LogP) is 3.65. The van der Waals surface area contributed by atoms with Gasteiger partial charge in [-0.15, -0.1) is 10.2 Å². The number of aryl methyl sites for hydroxylation is 1. The van der Waals surface area contributed by atoms with E-state index in [1.54, 1.807) is 18.2 Å². The molecule has 140 valence electrons. The Labute approximate surface area is 164 Å². The minimum atomic E-state index is -0.128. The van der Waals surface area contributed by atoms with Crippen LogP contribution in [0, 0.1) is 6.92 Å². The first kappa shape index (κ1) is 16.9. The minimum absolute atomic E-state index is 0.128. The topological polar surface area (TPSA) is 77.8 Å². The number of ether oxygens (including phenoxy) is 2. The summed E-state index contributed by atoms with van der Waals surface area (Å²) in [7, 11) is 0. The molecular formula is C20H16N4O3S. The first-order chi connectivity index (χ1) is 13.7. The monoisotopic (exact) mass is 392 g/mol. The molecule has 1 aliphatic rings. The number of amides is 1. The Bertz CT molecular complexity index is 1220. The molecule has 0 saturated heterocycles. The average molecular weight is 392 g/mol. The predicted molar refractivity (Wildman–Crippen MR) is 107 cm³/mol. The SMILES string of the molecule is Cc1cc2nnc(SCC(=O)Nc3ccc4c(c3)OCO4)n2c2ccccc12. The Morgan fingerprint density at radius 1 is 1.14 bits per heavy atom. The molecule has 8 heteroatoms. The quantitative estimate of drug-likeness (QED) is 0.534. The zero-order valence-corrected chi connectivity index (χ0v) is 15.8. The Morgan fingerprint density at radius 2 is 2.00 bits per heavy atom. The summed E-state index contributed by atoms with van der Waals surface area (Å²) in [5.41, 5.74) is 3.62. The van der Waals surface area contributed by atoms with Crippen LogP contribution in [0.25, 0.3) is 16.6 Å². The standard InChI is InChI=1S/C20H16N4O3S/c1-12-8-18-22-23-20(24(18)15-5-3-2-4-14(12)15)28-10-19(25)21-13-6-7-16-17(9-13)27-11-26-16/h2-9H,10-11H2,1H3,(H,21,25). The number of benzene rings is 2. The number of fused-ring (bicyclic) bond motifs is 4. The second kappa shape index (κ2) is 6.72. The molecule has 1 amide bonds. The Balaban J connectivity index is 1.36. The molecule has 0 bridgehead atoms. The van der Waals surface area contributed by atoms with E-state index in [9.17, 15) is 4.79 Å². The fraction of sp³-hybridized carbons (Fsp3) is 0.150. The van der Waals surface area contributed by atoms with Crippen LogP contribution < -0.4 is 14.8 Å². The fourth-order valence-electron chi connectivity index (χ4n) is 3.27. The number of hydrogen-bond acceptors (Lipinski definition) is 6. The molecule has 4 aromatic rings. The summed E-state index contributed by atoms with van der Waals surface area (Å²) in [6.45, 7) is 2.26. The molecule has 28 heavy (non-hydrogen) atoms. The van der Waals surface area contributed by atoms with E-state index in [1.807, 2.05) is 28.7 Å². The maximum Gasteiger partial charge on any atom is 0.234 e. The van der Waals surface area contributed by atoms with Crippen molar-refractivity contribution in [3.05, 3.63) is 54.1 Å². The third kappa shape index (κ3) is 2.91. The minimum Gasteiger partial charge on any atom is -0.454 e. The average Bonchev–Trinajstić information content (AvgIpc) is 3.33. The van der Waals surface area contributed by atoms with Gasteiger partial charge < -0.3 is 14.8 Å². The number of pyridine rings is 1. The van der Waals surface area contributed by atoms with Crippen molar-refractivity contribution in [1.82, 2.24) is 14.6 Å². The molecular weight excluding hydrogens is 376 g/mol. The number of hydrogen-bond donors (Lipinski definition) is 1. The van der Waals surface area contributed by atoms with Crippen LogP contribution in [0.3, 0.4) is 0 Å². The van der Waals surface area contributed by atoms with E-state index in [1.165, 1.54) is 11.8 Å². The van der Waals surface area contributed by atoms with Gasteiger partial charge in [-0.1, -0.05) is 30.0 Å². The molecule has 0 saturated carbocycles. The first-order valence-electron chi connectivity index (χ1n) is 8.75. The zero-order chi connectivity index (χ0) is 19.1. The lowest BCUT2D eigenvalue weighted by Gasteiger charge is -2.08. The summed E-state index contributed by atoms with van der Waals surface area (Å²) in [5, 5.41) is 13.2. The van der Waals surface area contributed by atoms with E-state index in [4.69, 9.17) is 9.47 Å². The summed E-state index contributed by atoms with van der Waals surface area (Å²) in [4.78, 5) is 12.4. The highest BCUT2D eigenvalue weighted by atomic mass is 32.2. The molecule has 0 fully saturated rings. The molecule has 0 aliphatic carbocycles. The maximum absolute atomic E-state index is 12.4. The molecule has 2 aromatic carbocycles. The molecule has 2 aromatic heterocycles. The van der Waals surface area contributed by atoms with E-state index < -0.39 is 0 Å². The molecule has 0 spiro atoms. The second-order valence-corrected chi connectivity index (χ2v) is 7.37. The molecule has 0 atom stereocenters. The third-order valence-electron chi connectivity index (χ3n) is 4.56. The number of thioether (sulfide) groups is 1. The van der Waals surface area contributed by atoms with Crippen molar-refractivity contribution >= 4 is 39.9 Å². The van der Waals surface area contributed by atoms with Crippen molar-refractivity contribution in [2.24, 2.45) is 0 Å². The van der Waals surface area contributed by atoms with Crippen molar-refractivity contribution < 1.29 is 14.3 Å². The fourth-order valence-corrected chi connectivity index (χ4v) is 4.02. The summed E-state index contributed by atoms with van der Waals surface area (Å²) in [6, 6.07) is 15.4. The summed E-state index contributed by atoms with van der Waals surface area (Å²) >= 11 is 1.35. The Kier molecular flexibility index (Phi) is 4.05. The number of rotatable bonds is 4. The van der Waals surface area contributed by atoms with E-state index in [0.717, 1.165) is 22.1 Å². The molecule has 1 aliphatic heterocycles. The lowest BCUT2D eigenvalue weighted by molar-refractivity contribution is -0.113. The highest BCUT2D eigenvalue weighted by molar-refractivity contribution is 7.99. The van der Waals surface area contributed by atoms with Crippen LogP contribution in [0.5, 0.6) is 11.5 Å². The summed E-state index contributed by atoms with van der Waals surface area (Å²) in [5.74, 6) is 1.41. The van der Waals surface area contributed by atoms with Gasteiger partial charge in [0.2, 0.25) is 12.7 Å². The molecule has 7 nitrogen and oxygen atoms in total. The van der Waals surface area contributed by atoms with Crippen LogP contribution in [-0.4, -0.2) is 33.1 Å². The largest absolute Gasteiger partial charge is 0.454 e. The zero-order valence-electron chi connectivity index (χ0n) is 15.0. The van der Waals surface area contributed by atoms with Crippen molar-refractivity contribution in [3.8, 4) is 11.5 Å². The number of anilines is 1. The number of carbonyl (C=O) groups excluding carboxylic acids is 1. The maximum atomic E-state index is 12.4. The number of para-hydroxylation sites is 1. The van der Waals surface area contributed by atoms with Crippen LogP contribution in [-0.2, 0) is 4.79 Å². The lowest BCUT2D eigenvalue weighted by Crippen LogP contribution is -2.14. The molecule has 5 rings (SSSR count). The van der Waals surface area contributed by atoms with Gasteiger partial charge >= 0.3 is 0 Å². The van der Waals surface area contributed by atoms with Gasteiger partial charge in [0, 0.05) is 17.1 Å². The van der Waals surface area contributed by atoms with E-state index in [2.05, 4.69) is 28.5 Å². The van der Waals surface area contributed by atoms with Crippen molar-refractivity contribution in [1.29, 1.82) is 0 Å². The number of carbonyl (C=O) groups is 1. The van der Waals surface area contributed by atoms with Gasteiger partial charge in [-0.3, -0.25) is 9.20 Å². The summed E-state index contributed by atoms with van der Waals surface area (Å²) in [6.07, 6.45) is 0. The van der Waals surface area contributed by atoms with Crippen molar-refractivity contribution in [2.75, 3.05) is 17.9 Å². The van der Waals surface area contributed by atoms with Crippen molar-refractivity contribution in [3.63, 3.8) is 0 Å². The lowest BCUT2D eigenvalue weighted by atomic mass is 10.1. The van der Waals surface area contributed by atoms with E-state index in [0.29, 0.717) is 22.3 Å². The van der Waals surface area contributed by atoms with Gasteiger partial charge in [-0.05, 0) is 36.8 Å². The van der Waals surface area contributed by atoms with Gasteiger partial charge in [-0.25, -0.2) is 0 Å². The normalized spacial score (nSPS) is 12.6. The van der Waals surface area contributed by atoms with Gasteiger partial charge in [0.1, 0.15) is 0 Å². The molecule has 3 heterocycles. The molecule has 0 radical (unpaired) electrons. The number of nitrogens with one attached hydrogen (secondary N) is 1. The van der Waals surface area contributed by atoms with Gasteiger partial charge in [0.05, 0.1) is 11.3 Å². The van der Waals surface area contributed by atoms with Gasteiger partial charge in [-0.2, -0.15) is 0 Å². The Hall–Kier alpha value is -3.26. The second-order valence-electron chi connectivity index (χ2n) is 6.43. The van der Waals surface area contributed by atoms with Crippen LogP contribution in [0.2, 0.25) is 0 Å². The number of nitrogens with zero attached hydrogens (tertiary/aromatic N) is 3. The van der Waals surface area contributed by atoms with Crippen molar-refractivity contribution in [2.45, 2.75) is 12.1 Å². The van der Waals surface area contributed by atoms with Gasteiger partial charge in [0.15, 0.2) is 22.3 Å². The van der Waals surface area contributed by atoms with Crippen LogP contribution in [0.15, 0.2) is 53.7 Å². The smallest absolute Gasteiger partial charge is 0.234 e. The first-order valence-corrected chi connectivity index (χ1v) is 9.73. The van der Waals surface area contributed by atoms with Crippen LogP contribution in [0.1, 0.15) is 5.56 Å². The Morgan fingerprint density at radius 3 is 2.93 bits per heavy atom.